The summed E-state index contributed by atoms with van der Waals surface area (Å²) in [4.78, 5) is 22.3. The molecule has 0 saturated heterocycles. The molecule has 23 heavy (non-hydrogen) atoms. The van der Waals surface area contributed by atoms with Crippen LogP contribution in [0.3, 0.4) is 0 Å². The van der Waals surface area contributed by atoms with Crippen LogP contribution in [-0.4, -0.2) is 10.7 Å². The summed E-state index contributed by atoms with van der Waals surface area (Å²) in [6.45, 7) is 2.05. The average Bonchev–Trinajstić information content (AvgIpc) is 2.56. The lowest BCUT2D eigenvalue weighted by molar-refractivity contribution is -0.384. The third-order valence-electron chi connectivity index (χ3n) is 3.27. The van der Waals surface area contributed by atoms with E-state index in [0.29, 0.717) is 11.3 Å². The maximum Gasteiger partial charge on any atom is 0.289 e. The van der Waals surface area contributed by atoms with E-state index in [2.05, 4.69) is 5.32 Å². The maximum atomic E-state index is 12.0. The van der Waals surface area contributed by atoms with E-state index in [4.69, 9.17) is 11.6 Å². The number of carbonyl (C=O) groups excluding carboxylic acids is 1. The van der Waals surface area contributed by atoms with Gasteiger partial charge in [0.25, 0.3) is 5.69 Å². The Bertz CT molecular complexity index is 755. The van der Waals surface area contributed by atoms with E-state index in [1.807, 2.05) is 19.1 Å². The normalized spacial score (nSPS) is 10.7. The molecule has 0 aliphatic carbocycles. The molecule has 0 radical (unpaired) electrons. The third-order valence-corrected chi connectivity index (χ3v) is 3.59. The molecule has 0 heterocycles. The van der Waals surface area contributed by atoms with E-state index in [-0.39, 0.29) is 16.5 Å². The van der Waals surface area contributed by atoms with Crippen molar-refractivity contribution in [2.24, 2.45) is 0 Å². The van der Waals surface area contributed by atoms with Crippen LogP contribution in [0.1, 0.15) is 22.8 Å². The average molecular weight is 331 g/mol. The first-order chi connectivity index (χ1) is 11.0. The molecule has 0 atom stereocenters. The first-order valence-corrected chi connectivity index (χ1v) is 7.39. The number of nitro benzene ring substituents is 1. The van der Waals surface area contributed by atoms with Crippen molar-refractivity contribution >= 4 is 28.8 Å². The SMILES string of the molecule is CCc1ccc(C(=O)/C=C/Nc2ccc(Cl)c([N+](=O)[O-])c2)cc1. The van der Waals surface area contributed by atoms with Crippen LogP contribution in [0.15, 0.2) is 54.7 Å². The Balaban J connectivity index is 2.04. The number of nitrogens with zero attached hydrogens (tertiary/aromatic N) is 1. The molecule has 1 N–H and O–H groups in total. The lowest BCUT2D eigenvalue weighted by atomic mass is 10.1. The summed E-state index contributed by atoms with van der Waals surface area (Å²) in [5.41, 5.74) is 2.04. The van der Waals surface area contributed by atoms with Gasteiger partial charge in [-0.25, -0.2) is 0 Å². The number of carbonyl (C=O) groups is 1. The predicted molar refractivity (Wildman–Crippen MR) is 91.0 cm³/mol. The molecule has 0 fully saturated rings. The number of benzene rings is 2. The van der Waals surface area contributed by atoms with Crippen molar-refractivity contribution in [2.45, 2.75) is 13.3 Å². The second-order valence-corrected chi connectivity index (χ2v) is 5.22. The largest absolute Gasteiger partial charge is 0.361 e. The van der Waals surface area contributed by atoms with Crippen LogP contribution in [-0.2, 0) is 6.42 Å². The summed E-state index contributed by atoms with van der Waals surface area (Å²) in [6.07, 6.45) is 3.74. The van der Waals surface area contributed by atoms with Gasteiger partial charge in [0.2, 0.25) is 0 Å². The Hall–Kier alpha value is -2.66. The lowest BCUT2D eigenvalue weighted by Crippen LogP contribution is -1.97. The highest BCUT2D eigenvalue weighted by molar-refractivity contribution is 6.32. The molecule has 0 aliphatic rings. The summed E-state index contributed by atoms with van der Waals surface area (Å²) in [7, 11) is 0. The van der Waals surface area contributed by atoms with Gasteiger partial charge in [0.05, 0.1) is 4.92 Å². The molecule has 2 rings (SSSR count). The van der Waals surface area contributed by atoms with Gasteiger partial charge in [-0.15, -0.1) is 0 Å². The van der Waals surface area contributed by atoms with Crippen molar-refractivity contribution in [2.75, 3.05) is 5.32 Å². The fourth-order valence-corrected chi connectivity index (χ4v) is 2.14. The van der Waals surface area contributed by atoms with Gasteiger partial charge in [0, 0.05) is 29.6 Å². The smallest absolute Gasteiger partial charge is 0.289 e. The van der Waals surface area contributed by atoms with Crippen LogP contribution in [0.25, 0.3) is 0 Å². The standard InChI is InChI=1S/C17H15ClN2O3/c1-2-12-3-5-13(6-4-12)17(21)9-10-19-14-7-8-15(18)16(11-14)20(22)23/h3-11,19H,2H2,1H3/b10-9+. The summed E-state index contributed by atoms with van der Waals surface area (Å²) < 4.78 is 0. The molecular formula is C17H15ClN2O3. The molecular weight excluding hydrogens is 316 g/mol. The van der Waals surface area contributed by atoms with Crippen LogP contribution in [0.2, 0.25) is 5.02 Å². The van der Waals surface area contributed by atoms with E-state index in [0.717, 1.165) is 12.0 Å². The van der Waals surface area contributed by atoms with Crippen molar-refractivity contribution in [3.05, 3.63) is 81.0 Å². The zero-order valence-electron chi connectivity index (χ0n) is 12.5. The molecule has 0 amide bonds. The second kappa shape index (κ2) is 7.56. The first-order valence-electron chi connectivity index (χ1n) is 7.01. The Labute approximate surface area is 138 Å². The fourth-order valence-electron chi connectivity index (χ4n) is 1.96. The van der Waals surface area contributed by atoms with Crippen LogP contribution < -0.4 is 5.32 Å². The topological polar surface area (TPSA) is 72.2 Å². The highest BCUT2D eigenvalue weighted by Gasteiger charge is 2.12. The number of hydrogen-bond acceptors (Lipinski definition) is 4. The van der Waals surface area contributed by atoms with Gasteiger partial charge in [0.1, 0.15) is 5.02 Å². The summed E-state index contributed by atoms with van der Waals surface area (Å²) >= 11 is 5.74. The van der Waals surface area contributed by atoms with E-state index in [9.17, 15) is 14.9 Å². The number of aryl methyl sites for hydroxylation is 1. The summed E-state index contributed by atoms with van der Waals surface area (Å²) in [5, 5.41) is 13.7. The number of allylic oxidation sites excluding steroid dienone is 1. The molecule has 5 nitrogen and oxygen atoms in total. The van der Waals surface area contributed by atoms with E-state index >= 15 is 0 Å². The lowest BCUT2D eigenvalue weighted by Gasteiger charge is -2.02. The maximum absolute atomic E-state index is 12.0. The second-order valence-electron chi connectivity index (χ2n) is 4.82. The zero-order chi connectivity index (χ0) is 16.8. The summed E-state index contributed by atoms with van der Waals surface area (Å²) in [5.74, 6) is -0.149. The highest BCUT2D eigenvalue weighted by atomic mass is 35.5. The monoisotopic (exact) mass is 330 g/mol. The van der Waals surface area contributed by atoms with E-state index < -0.39 is 4.92 Å². The Morgan fingerprint density at radius 2 is 1.96 bits per heavy atom. The number of ketones is 1. The minimum atomic E-state index is -0.558. The van der Waals surface area contributed by atoms with Gasteiger partial charge in [0.15, 0.2) is 5.78 Å². The number of rotatable bonds is 6. The van der Waals surface area contributed by atoms with Crippen LogP contribution in [0.5, 0.6) is 0 Å². The van der Waals surface area contributed by atoms with Gasteiger partial charge in [-0.05, 0) is 24.1 Å². The number of hydrogen-bond donors (Lipinski definition) is 1. The number of nitrogens with one attached hydrogen (secondary N) is 1. The molecule has 6 heteroatoms. The molecule has 2 aromatic rings. The van der Waals surface area contributed by atoms with Crippen LogP contribution >= 0.6 is 11.6 Å². The minimum absolute atomic E-state index is 0.0663. The zero-order valence-corrected chi connectivity index (χ0v) is 13.2. The van der Waals surface area contributed by atoms with E-state index in [1.165, 1.54) is 24.4 Å². The van der Waals surface area contributed by atoms with Gasteiger partial charge in [-0.3, -0.25) is 14.9 Å². The first kappa shape index (κ1) is 16.7. The highest BCUT2D eigenvalue weighted by Crippen LogP contribution is 2.27. The Kier molecular flexibility index (Phi) is 5.49. The van der Waals surface area contributed by atoms with Crippen LogP contribution in [0, 0.1) is 10.1 Å². The predicted octanol–water partition coefficient (Wildman–Crippen LogP) is 4.62. The molecule has 118 valence electrons. The molecule has 0 aromatic heterocycles. The molecule has 0 aliphatic heterocycles. The van der Waals surface area contributed by atoms with Crippen LogP contribution in [0.4, 0.5) is 11.4 Å². The molecule has 0 saturated carbocycles. The number of halogens is 1. The number of anilines is 1. The minimum Gasteiger partial charge on any atom is -0.361 e. The van der Waals surface area contributed by atoms with Crippen molar-refractivity contribution in [3.8, 4) is 0 Å². The van der Waals surface area contributed by atoms with Gasteiger partial charge in [-0.1, -0.05) is 42.8 Å². The van der Waals surface area contributed by atoms with Crippen molar-refractivity contribution in [3.63, 3.8) is 0 Å². The Morgan fingerprint density at radius 1 is 1.26 bits per heavy atom. The molecule has 0 unspecified atom stereocenters. The van der Waals surface area contributed by atoms with Gasteiger partial charge in [-0.2, -0.15) is 0 Å². The third kappa shape index (κ3) is 4.40. The number of nitro groups is 1. The van der Waals surface area contributed by atoms with Gasteiger partial charge < -0.3 is 5.32 Å². The molecule has 2 aromatic carbocycles. The summed E-state index contributed by atoms with van der Waals surface area (Å²) in [6, 6.07) is 11.7. The van der Waals surface area contributed by atoms with Crippen molar-refractivity contribution in [1.82, 2.24) is 0 Å². The van der Waals surface area contributed by atoms with Crippen molar-refractivity contribution < 1.29 is 9.72 Å². The Morgan fingerprint density at radius 3 is 2.57 bits per heavy atom. The van der Waals surface area contributed by atoms with Gasteiger partial charge >= 0.3 is 0 Å². The molecule has 0 bridgehead atoms. The molecule has 0 spiro atoms. The van der Waals surface area contributed by atoms with Crippen molar-refractivity contribution in [1.29, 1.82) is 0 Å². The van der Waals surface area contributed by atoms with E-state index in [1.54, 1.807) is 18.2 Å². The quantitative estimate of drug-likeness (QED) is 0.363. The fraction of sp³-hybridized carbons (Fsp3) is 0.118.